The number of nitriles is 1. The first kappa shape index (κ1) is 13.8. The molecular weight excluding hydrogens is 278 g/mol. The molecule has 22 heavy (non-hydrogen) atoms. The first-order valence-electron chi connectivity index (χ1n) is 6.82. The highest BCUT2D eigenvalue weighted by Crippen LogP contribution is 2.20. The number of aromatic nitrogens is 2. The van der Waals surface area contributed by atoms with Crippen LogP contribution in [0.25, 0.3) is 10.9 Å². The fraction of sp³-hybridized carbons (Fsp3) is 0.118. The van der Waals surface area contributed by atoms with E-state index in [2.05, 4.69) is 16.0 Å². The van der Waals surface area contributed by atoms with Crippen LogP contribution in [0, 0.1) is 11.3 Å². The summed E-state index contributed by atoms with van der Waals surface area (Å²) in [7, 11) is 0. The number of hydrogen-bond acceptors (Lipinski definition) is 5. The Balaban J connectivity index is 1.57. The van der Waals surface area contributed by atoms with Crippen molar-refractivity contribution in [3.05, 3.63) is 60.4 Å². The van der Waals surface area contributed by atoms with Crippen molar-refractivity contribution in [2.75, 3.05) is 13.2 Å². The van der Waals surface area contributed by atoms with Gasteiger partial charge in [-0.25, -0.2) is 9.97 Å². The van der Waals surface area contributed by atoms with Crippen LogP contribution in [-0.4, -0.2) is 23.2 Å². The van der Waals surface area contributed by atoms with Gasteiger partial charge in [0.1, 0.15) is 25.3 Å². The molecule has 3 rings (SSSR count). The van der Waals surface area contributed by atoms with E-state index in [0.717, 1.165) is 10.9 Å². The molecule has 0 saturated carbocycles. The minimum atomic E-state index is 0.376. The highest BCUT2D eigenvalue weighted by Gasteiger charge is 2.03. The summed E-state index contributed by atoms with van der Waals surface area (Å²) >= 11 is 0. The first-order chi connectivity index (χ1) is 10.9. The normalized spacial score (nSPS) is 10.1. The second-order valence-corrected chi connectivity index (χ2v) is 4.53. The maximum Gasteiger partial charge on any atom is 0.224 e. The average molecular weight is 291 g/mol. The maximum atomic E-state index is 8.73. The zero-order valence-electron chi connectivity index (χ0n) is 11.8. The largest absolute Gasteiger partial charge is 0.490 e. The predicted molar refractivity (Wildman–Crippen MR) is 81.7 cm³/mol. The Labute approximate surface area is 127 Å². The molecule has 0 saturated heterocycles. The van der Waals surface area contributed by atoms with Crippen LogP contribution >= 0.6 is 0 Å². The molecule has 0 aliphatic heterocycles. The third-order valence-corrected chi connectivity index (χ3v) is 3.08. The molecular formula is C17H13N3O2. The zero-order chi connectivity index (χ0) is 15.2. The fourth-order valence-corrected chi connectivity index (χ4v) is 2.02. The van der Waals surface area contributed by atoms with Crippen LogP contribution in [-0.2, 0) is 0 Å². The second-order valence-electron chi connectivity index (χ2n) is 4.53. The number of rotatable bonds is 5. The van der Waals surface area contributed by atoms with E-state index in [1.165, 1.54) is 6.33 Å². The molecule has 0 spiro atoms. The van der Waals surface area contributed by atoms with Crippen molar-refractivity contribution in [3.63, 3.8) is 0 Å². The molecule has 0 fully saturated rings. The van der Waals surface area contributed by atoms with Gasteiger partial charge in [0, 0.05) is 0 Å². The van der Waals surface area contributed by atoms with E-state index in [9.17, 15) is 0 Å². The second kappa shape index (κ2) is 6.55. The molecule has 0 unspecified atom stereocenters. The summed E-state index contributed by atoms with van der Waals surface area (Å²) < 4.78 is 11.2. The smallest absolute Gasteiger partial charge is 0.224 e. The van der Waals surface area contributed by atoms with Gasteiger partial charge >= 0.3 is 0 Å². The van der Waals surface area contributed by atoms with Gasteiger partial charge in [-0.3, -0.25) is 0 Å². The molecule has 0 bridgehead atoms. The van der Waals surface area contributed by atoms with Gasteiger partial charge in [-0.1, -0.05) is 12.1 Å². The monoisotopic (exact) mass is 291 g/mol. The molecule has 0 aliphatic rings. The van der Waals surface area contributed by atoms with Gasteiger partial charge in [0.05, 0.1) is 22.5 Å². The quantitative estimate of drug-likeness (QED) is 0.676. The Morgan fingerprint density at radius 3 is 2.50 bits per heavy atom. The summed E-state index contributed by atoms with van der Waals surface area (Å²) in [6, 6.07) is 16.7. The van der Waals surface area contributed by atoms with Crippen LogP contribution in [0.5, 0.6) is 11.6 Å². The standard InChI is InChI=1S/C17H13N3O2/c18-11-13-5-7-14(8-6-13)21-9-10-22-17-15-3-1-2-4-16(15)19-12-20-17/h1-8,12H,9-10H2. The maximum absolute atomic E-state index is 8.73. The molecule has 0 radical (unpaired) electrons. The van der Waals surface area contributed by atoms with E-state index in [1.807, 2.05) is 24.3 Å². The summed E-state index contributed by atoms with van der Waals surface area (Å²) in [4.78, 5) is 8.33. The lowest BCUT2D eigenvalue weighted by molar-refractivity contribution is 0.213. The van der Waals surface area contributed by atoms with E-state index in [-0.39, 0.29) is 0 Å². The van der Waals surface area contributed by atoms with E-state index in [0.29, 0.717) is 30.4 Å². The summed E-state index contributed by atoms with van der Waals surface area (Å²) in [5.41, 5.74) is 1.46. The van der Waals surface area contributed by atoms with Crippen molar-refractivity contribution in [1.29, 1.82) is 5.26 Å². The molecule has 108 valence electrons. The van der Waals surface area contributed by atoms with Gasteiger partial charge in [0.25, 0.3) is 0 Å². The molecule has 0 aliphatic carbocycles. The van der Waals surface area contributed by atoms with Crippen LogP contribution in [0.2, 0.25) is 0 Å². The Morgan fingerprint density at radius 2 is 1.68 bits per heavy atom. The average Bonchev–Trinajstić information content (AvgIpc) is 2.59. The number of nitrogens with zero attached hydrogens (tertiary/aromatic N) is 3. The lowest BCUT2D eigenvalue weighted by Crippen LogP contribution is -2.10. The van der Waals surface area contributed by atoms with Crippen molar-refractivity contribution in [2.45, 2.75) is 0 Å². The molecule has 0 amide bonds. The molecule has 0 N–H and O–H groups in total. The van der Waals surface area contributed by atoms with Crippen LogP contribution in [0.15, 0.2) is 54.9 Å². The molecule has 5 nitrogen and oxygen atoms in total. The SMILES string of the molecule is N#Cc1ccc(OCCOc2ncnc3ccccc23)cc1. The fourth-order valence-electron chi connectivity index (χ4n) is 2.02. The molecule has 2 aromatic carbocycles. The van der Waals surface area contributed by atoms with E-state index < -0.39 is 0 Å². The zero-order valence-corrected chi connectivity index (χ0v) is 11.8. The predicted octanol–water partition coefficient (Wildman–Crippen LogP) is 2.96. The Bertz CT molecular complexity index is 805. The van der Waals surface area contributed by atoms with Crippen molar-refractivity contribution in [3.8, 4) is 17.7 Å². The van der Waals surface area contributed by atoms with Gasteiger partial charge in [0.15, 0.2) is 0 Å². The van der Waals surface area contributed by atoms with Gasteiger partial charge in [0.2, 0.25) is 5.88 Å². The first-order valence-corrected chi connectivity index (χ1v) is 6.82. The van der Waals surface area contributed by atoms with E-state index in [4.69, 9.17) is 14.7 Å². The number of ether oxygens (including phenoxy) is 2. The summed E-state index contributed by atoms with van der Waals surface area (Å²) in [6.07, 6.45) is 1.49. The molecule has 1 aromatic heterocycles. The van der Waals surface area contributed by atoms with Crippen LogP contribution in [0.4, 0.5) is 0 Å². The van der Waals surface area contributed by atoms with E-state index in [1.54, 1.807) is 24.3 Å². The third-order valence-electron chi connectivity index (χ3n) is 3.08. The minimum absolute atomic E-state index is 0.376. The molecule has 3 aromatic rings. The topological polar surface area (TPSA) is 68.0 Å². The van der Waals surface area contributed by atoms with Crippen molar-refractivity contribution in [1.82, 2.24) is 9.97 Å². The number of benzene rings is 2. The van der Waals surface area contributed by atoms with Gasteiger partial charge in [-0.2, -0.15) is 5.26 Å². The van der Waals surface area contributed by atoms with Gasteiger partial charge in [-0.05, 0) is 36.4 Å². The summed E-state index contributed by atoms with van der Waals surface area (Å²) in [5, 5.41) is 9.61. The lowest BCUT2D eigenvalue weighted by atomic mass is 10.2. The Kier molecular flexibility index (Phi) is 4.12. The van der Waals surface area contributed by atoms with Crippen molar-refractivity contribution >= 4 is 10.9 Å². The number of fused-ring (bicyclic) bond motifs is 1. The Morgan fingerprint density at radius 1 is 0.909 bits per heavy atom. The van der Waals surface area contributed by atoms with E-state index >= 15 is 0 Å². The van der Waals surface area contributed by atoms with Crippen LogP contribution < -0.4 is 9.47 Å². The molecule has 5 heteroatoms. The highest BCUT2D eigenvalue weighted by atomic mass is 16.5. The van der Waals surface area contributed by atoms with Crippen molar-refractivity contribution in [2.24, 2.45) is 0 Å². The number of hydrogen-bond donors (Lipinski definition) is 0. The summed E-state index contributed by atoms with van der Waals surface area (Å²) in [5.74, 6) is 1.25. The Hall–Kier alpha value is -3.13. The highest BCUT2D eigenvalue weighted by molar-refractivity contribution is 5.82. The molecule has 0 atom stereocenters. The summed E-state index contributed by atoms with van der Waals surface area (Å²) in [6.45, 7) is 0.769. The minimum Gasteiger partial charge on any atom is -0.490 e. The van der Waals surface area contributed by atoms with Gasteiger partial charge < -0.3 is 9.47 Å². The van der Waals surface area contributed by atoms with Crippen LogP contribution in [0.3, 0.4) is 0 Å². The third kappa shape index (κ3) is 3.13. The van der Waals surface area contributed by atoms with Gasteiger partial charge in [-0.15, -0.1) is 0 Å². The van der Waals surface area contributed by atoms with Crippen LogP contribution in [0.1, 0.15) is 5.56 Å². The number of para-hydroxylation sites is 1. The lowest BCUT2D eigenvalue weighted by Gasteiger charge is -2.09. The molecule has 1 heterocycles. The van der Waals surface area contributed by atoms with Crippen molar-refractivity contribution < 1.29 is 9.47 Å².